The molecule has 0 unspecified atom stereocenters. The SMILES string of the molecule is CC(C)(NS(=O)(=O)c1ccc(N)nc1)C(N)=O. The lowest BCUT2D eigenvalue weighted by atomic mass is 10.1. The molecule has 1 heterocycles. The molecule has 0 fully saturated rings. The van der Waals surface area contributed by atoms with Crippen LogP contribution in [-0.4, -0.2) is 24.8 Å². The number of carbonyl (C=O) groups excluding carboxylic acids is 1. The summed E-state index contributed by atoms with van der Waals surface area (Å²) < 4.78 is 25.9. The van der Waals surface area contributed by atoms with E-state index in [0.717, 1.165) is 6.20 Å². The molecule has 0 bridgehead atoms. The first-order chi connectivity index (χ1) is 7.65. The number of nitrogen functional groups attached to an aromatic ring is 1. The van der Waals surface area contributed by atoms with Crippen LogP contribution in [-0.2, 0) is 14.8 Å². The summed E-state index contributed by atoms with van der Waals surface area (Å²) in [6.45, 7) is 2.75. The third-order valence-electron chi connectivity index (χ3n) is 2.08. The van der Waals surface area contributed by atoms with E-state index >= 15 is 0 Å². The molecule has 0 aromatic carbocycles. The van der Waals surface area contributed by atoms with Gasteiger partial charge in [0, 0.05) is 6.20 Å². The van der Waals surface area contributed by atoms with Gasteiger partial charge in [0.25, 0.3) is 0 Å². The Bertz CT molecular complexity index is 522. The molecule has 0 aliphatic carbocycles. The number of rotatable bonds is 4. The summed E-state index contributed by atoms with van der Waals surface area (Å²) >= 11 is 0. The number of hydrogen-bond donors (Lipinski definition) is 3. The van der Waals surface area contributed by atoms with Gasteiger partial charge in [-0.1, -0.05) is 0 Å². The van der Waals surface area contributed by atoms with E-state index in [1.165, 1.54) is 26.0 Å². The van der Waals surface area contributed by atoms with Crippen molar-refractivity contribution in [1.82, 2.24) is 9.71 Å². The van der Waals surface area contributed by atoms with Crippen LogP contribution in [0, 0.1) is 0 Å². The quantitative estimate of drug-likeness (QED) is 0.651. The van der Waals surface area contributed by atoms with Crippen LogP contribution < -0.4 is 16.2 Å². The molecule has 5 N–H and O–H groups in total. The van der Waals surface area contributed by atoms with Crippen molar-refractivity contribution in [3.05, 3.63) is 18.3 Å². The van der Waals surface area contributed by atoms with E-state index in [1.54, 1.807) is 0 Å². The molecule has 8 heteroatoms. The average Bonchev–Trinajstić information content (AvgIpc) is 2.16. The minimum atomic E-state index is -3.85. The van der Waals surface area contributed by atoms with Gasteiger partial charge in [0.2, 0.25) is 15.9 Å². The fraction of sp³-hybridized carbons (Fsp3) is 0.333. The number of primary amides is 1. The molecule has 0 atom stereocenters. The van der Waals surface area contributed by atoms with E-state index in [-0.39, 0.29) is 10.7 Å². The van der Waals surface area contributed by atoms with E-state index in [9.17, 15) is 13.2 Å². The van der Waals surface area contributed by atoms with Crippen molar-refractivity contribution in [3.63, 3.8) is 0 Å². The summed E-state index contributed by atoms with van der Waals surface area (Å²) in [6, 6.07) is 2.65. The Kier molecular flexibility index (Phi) is 3.39. The largest absolute Gasteiger partial charge is 0.384 e. The number of nitrogens with one attached hydrogen (secondary N) is 1. The maximum absolute atomic E-state index is 11.9. The van der Waals surface area contributed by atoms with E-state index < -0.39 is 21.5 Å². The first-order valence-electron chi connectivity index (χ1n) is 4.70. The molecule has 0 aliphatic heterocycles. The van der Waals surface area contributed by atoms with Gasteiger partial charge in [0.05, 0.1) is 0 Å². The van der Waals surface area contributed by atoms with Gasteiger partial charge in [0.1, 0.15) is 16.3 Å². The second-order valence-corrected chi connectivity index (χ2v) is 5.70. The van der Waals surface area contributed by atoms with Crippen LogP contribution in [0.15, 0.2) is 23.2 Å². The molecule has 0 spiro atoms. The van der Waals surface area contributed by atoms with Gasteiger partial charge in [-0.15, -0.1) is 0 Å². The molecule has 7 nitrogen and oxygen atoms in total. The number of nitrogens with two attached hydrogens (primary N) is 2. The van der Waals surface area contributed by atoms with Gasteiger partial charge in [-0.3, -0.25) is 4.79 Å². The van der Waals surface area contributed by atoms with Gasteiger partial charge in [-0.2, -0.15) is 4.72 Å². The predicted octanol–water partition coefficient (Wildman–Crippen LogP) is -0.794. The number of hydrogen-bond acceptors (Lipinski definition) is 5. The maximum atomic E-state index is 11.9. The summed E-state index contributed by atoms with van der Waals surface area (Å²) in [4.78, 5) is 14.6. The molecule has 0 aliphatic rings. The second-order valence-electron chi connectivity index (χ2n) is 4.01. The van der Waals surface area contributed by atoms with E-state index in [4.69, 9.17) is 11.5 Å². The first-order valence-corrected chi connectivity index (χ1v) is 6.19. The smallest absolute Gasteiger partial charge is 0.243 e. The van der Waals surface area contributed by atoms with Gasteiger partial charge < -0.3 is 11.5 Å². The van der Waals surface area contributed by atoms with Crippen molar-refractivity contribution in [1.29, 1.82) is 0 Å². The predicted molar refractivity (Wildman–Crippen MR) is 62.2 cm³/mol. The van der Waals surface area contributed by atoms with Crippen molar-refractivity contribution in [2.75, 3.05) is 5.73 Å². The molecule has 0 radical (unpaired) electrons. The summed E-state index contributed by atoms with van der Waals surface area (Å²) in [7, 11) is -3.85. The molecular formula is C9H14N4O3S. The van der Waals surface area contributed by atoms with Crippen LogP contribution >= 0.6 is 0 Å². The van der Waals surface area contributed by atoms with Gasteiger partial charge >= 0.3 is 0 Å². The summed E-state index contributed by atoms with van der Waals surface area (Å²) in [5, 5.41) is 0. The van der Waals surface area contributed by atoms with Crippen molar-refractivity contribution in [2.24, 2.45) is 5.73 Å². The minimum absolute atomic E-state index is 0.0824. The highest BCUT2D eigenvalue weighted by Gasteiger charge is 2.31. The van der Waals surface area contributed by atoms with E-state index in [0.29, 0.717) is 0 Å². The van der Waals surface area contributed by atoms with Crippen molar-refractivity contribution < 1.29 is 13.2 Å². The van der Waals surface area contributed by atoms with Crippen LogP contribution in [0.2, 0.25) is 0 Å². The number of sulfonamides is 1. The van der Waals surface area contributed by atoms with Gasteiger partial charge in [-0.25, -0.2) is 13.4 Å². The monoisotopic (exact) mass is 258 g/mol. The van der Waals surface area contributed by atoms with Crippen LogP contribution in [0.25, 0.3) is 0 Å². The maximum Gasteiger partial charge on any atom is 0.243 e. The lowest BCUT2D eigenvalue weighted by molar-refractivity contribution is -0.122. The lowest BCUT2D eigenvalue weighted by Gasteiger charge is -2.21. The van der Waals surface area contributed by atoms with Crippen LogP contribution in [0.5, 0.6) is 0 Å². The Morgan fingerprint density at radius 3 is 2.41 bits per heavy atom. The van der Waals surface area contributed by atoms with Crippen LogP contribution in [0.1, 0.15) is 13.8 Å². The highest BCUT2D eigenvalue weighted by Crippen LogP contribution is 2.12. The molecule has 94 valence electrons. The first kappa shape index (κ1) is 13.4. The Morgan fingerprint density at radius 1 is 1.41 bits per heavy atom. The zero-order chi connectivity index (χ0) is 13.3. The van der Waals surface area contributed by atoms with Crippen molar-refractivity contribution in [2.45, 2.75) is 24.3 Å². The molecule has 1 amide bonds. The zero-order valence-electron chi connectivity index (χ0n) is 9.47. The lowest BCUT2D eigenvalue weighted by Crippen LogP contribution is -2.52. The van der Waals surface area contributed by atoms with Crippen molar-refractivity contribution >= 4 is 21.7 Å². The fourth-order valence-electron chi connectivity index (χ4n) is 0.996. The molecular weight excluding hydrogens is 244 g/mol. The summed E-state index contributed by atoms with van der Waals surface area (Å²) in [5.74, 6) is -0.567. The van der Waals surface area contributed by atoms with Crippen LogP contribution in [0.3, 0.4) is 0 Å². The van der Waals surface area contributed by atoms with Gasteiger partial charge in [0.15, 0.2) is 0 Å². The molecule has 17 heavy (non-hydrogen) atoms. The Hall–Kier alpha value is -1.67. The highest BCUT2D eigenvalue weighted by atomic mass is 32.2. The zero-order valence-corrected chi connectivity index (χ0v) is 10.3. The van der Waals surface area contributed by atoms with E-state index in [2.05, 4.69) is 9.71 Å². The fourth-order valence-corrected chi connectivity index (χ4v) is 2.32. The van der Waals surface area contributed by atoms with Crippen LogP contribution in [0.4, 0.5) is 5.82 Å². The number of nitrogens with zero attached hydrogens (tertiary/aromatic N) is 1. The number of aromatic nitrogens is 1. The van der Waals surface area contributed by atoms with Gasteiger partial charge in [-0.05, 0) is 26.0 Å². The standard InChI is InChI=1S/C9H14N4O3S/c1-9(2,8(11)14)13-17(15,16)6-3-4-7(10)12-5-6/h3-5,13H,1-2H3,(H2,10,12)(H2,11,14). The molecule has 0 saturated carbocycles. The Morgan fingerprint density at radius 2 is 2.00 bits per heavy atom. The van der Waals surface area contributed by atoms with E-state index in [1.807, 2.05) is 0 Å². The number of amides is 1. The van der Waals surface area contributed by atoms with Crippen molar-refractivity contribution in [3.8, 4) is 0 Å². The number of anilines is 1. The highest BCUT2D eigenvalue weighted by molar-refractivity contribution is 7.89. The third kappa shape index (κ3) is 3.14. The normalized spacial score (nSPS) is 12.4. The molecule has 1 rings (SSSR count). The molecule has 1 aromatic heterocycles. The minimum Gasteiger partial charge on any atom is -0.384 e. The molecule has 0 saturated heterocycles. The summed E-state index contributed by atoms with van der Waals surface area (Å²) in [5.41, 5.74) is 9.05. The second kappa shape index (κ2) is 4.30. The average molecular weight is 258 g/mol. The third-order valence-corrected chi connectivity index (χ3v) is 3.72. The number of pyridine rings is 1. The Labute approximate surface area is 99.3 Å². The number of carbonyl (C=O) groups is 1. The topological polar surface area (TPSA) is 128 Å². The molecule has 1 aromatic rings. The summed E-state index contributed by atoms with van der Waals surface area (Å²) in [6.07, 6.45) is 1.11. The Balaban J connectivity index is 3.05.